The molecule has 1 saturated heterocycles. The van der Waals surface area contributed by atoms with Crippen LogP contribution >= 0.6 is 11.6 Å². The summed E-state index contributed by atoms with van der Waals surface area (Å²) in [5, 5.41) is 3.95. The molecule has 1 heterocycles. The van der Waals surface area contributed by atoms with Crippen molar-refractivity contribution >= 4 is 11.6 Å². The normalized spacial score (nSPS) is 21.6. The Labute approximate surface area is 119 Å². The fraction of sp³-hybridized carbons (Fsp3) is 0.600. The molecular weight excluding hydrogens is 263 g/mol. The number of nitrogens with one attached hydrogen (secondary N) is 1. The van der Waals surface area contributed by atoms with Crippen LogP contribution in [-0.4, -0.2) is 31.6 Å². The molecule has 2 atom stereocenters. The van der Waals surface area contributed by atoms with Gasteiger partial charge < -0.3 is 5.32 Å². The molecule has 1 aliphatic heterocycles. The number of benzene rings is 1. The molecule has 0 spiro atoms. The molecule has 2 unspecified atom stereocenters. The summed E-state index contributed by atoms with van der Waals surface area (Å²) in [6.45, 7) is 5.39. The van der Waals surface area contributed by atoms with E-state index < -0.39 is 0 Å². The maximum atomic E-state index is 13.1. The predicted octanol–water partition coefficient (Wildman–Crippen LogP) is 3.47. The lowest BCUT2D eigenvalue weighted by molar-refractivity contribution is 0.199. The smallest absolute Gasteiger partial charge is 0.124 e. The van der Waals surface area contributed by atoms with Gasteiger partial charge in [-0.15, -0.1) is 0 Å². The maximum Gasteiger partial charge on any atom is 0.124 e. The Hall–Kier alpha value is -0.640. The van der Waals surface area contributed by atoms with Crippen LogP contribution in [0.25, 0.3) is 0 Å². The van der Waals surface area contributed by atoms with Gasteiger partial charge in [-0.2, -0.15) is 0 Å². The summed E-state index contributed by atoms with van der Waals surface area (Å²) in [5.74, 6) is 0.417. The van der Waals surface area contributed by atoms with E-state index in [1.165, 1.54) is 25.0 Å². The van der Waals surface area contributed by atoms with Crippen molar-refractivity contribution in [1.29, 1.82) is 0 Å². The molecule has 0 aliphatic carbocycles. The van der Waals surface area contributed by atoms with Crippen LogP contribution in [0.1, 0.15) is 31.4 Å². The number of nitrogens with zero attached hydrogens (tertiary/aromatic N) is 1. The zero-order valence-corrected chi connectivity index (χ0v) is 12.4. The number of rotatable bonds is 4. The second-order valence-corrected chi connectivity index (χ2v) is 5.90. The van der Waals surface area contributed by atoms with Gasteiger partial charge in [0, 0.05) is 17.6 Å². The summed E-state index contributed by atoms with van der Waals surface area (Å²) >= 11 is 6.13. The van der Waals surface area contributed by atoms with Crippen LogP contribution in [0.2, 0.25) is 5.02 Å². The minimum absolute atomic E-state index is 0.204. The Morgan fingerprint density at radius 3 is 2.95 bits per heavy atom. The fourth-order valence-electron chi connectivity index (χ4n) is 2.72. The molecule has 2 rings (SSSR count). The quantitative estimate of drug-likeness (QED) is 0.911. The Bertz CT molecular complexity index is 419. The lowest BCUT2D eigenvalue weighted by Crippen LogP contribution is -2.37. The van der Waals surface area contributed by atoms with Crippen molar-refractivity contribution in [2.75, 3.05) is 26.7 Å². The average Bonchev–Trinajstić information content (AvgIpc) is 2.39. The van der Waals surface area contributed by atoms with Crippen LogP contribution in [0.4, 0.5) is 4.39 Å². The number of hydrogen-bond acceptors (Lipinski definition) is 2. The Morgan fingerprint density at radius 2 is 2.32 bits per heavy atom. The summed E-state index contributed by atoms with van der Waals surface area (Å²) in [6.07, 6.45) is 2.53. The van der Waals surface area contributed by atoms with E-state index >= 15 is 0 Å². The highest BCUT2D eigenvalue weighted by Crippen LogP contribution is 2.28. The van der Waals surface area contributed by atoms with Crippen LogP contribution in [-0.2, 0) is 0 Å². The standard InChI is InChI=1S/C15H22ClFN2/c1-11(14-6-5-13(17)8-15(14)16)19(2)10-12-4-3-7-18-9-12/h5-6,8,11-12,18H,3-4,7,9-10H2,1-2H3. The third-order valence-corrected chi connectivity index (χ3v) is 4.35. The van der Waals surface area contributed by atoms with Crippen molar-refractivity contribution in [2.45, 2.75) is 25.8 Å². The van der Waals surface area contributed by atoms with Gasteiger partial charge in [0.1, 0.15) is 5.82 Å². The van der Waals surface area contributed by atoms with Crippen LogP contribution in [0.5, 0.6) is 0 Å². The number of halogens is 2. The summed E-state index contributed by atoms with van der Waals surface area (Å²) in [7, 11) is 2.11. The van der Waals surface area contributed by atoms with Crippen LogP contribution in [0.15, 0.2) is 18.2 Å². The van der Waals surface area contributed by atoms with Crippen LogP contribution in [0, 0.1) is 11.7 Å². The molecular formula is C15H22ClFN2. The first-order valence-electron chi connectivity index (χ1n) is 6.94. The van der Waals surface area contributed by atoms with Gasteiger partial charge >= 0.3 is 0 Å². The lowest BCUT2D eigenvalue weighted by atomic mass is 9.98. The largest absolute Gasteiger partial charge is 0.316 e. The first-order valence-corrected chi connectivity index (χ1v) is 7.31. The third-order valence-electron chi connectivity index (χ3n) is 4.02. The molecule has 0 saturated carbocycles. The van der Waals surface area contributed by atoms with Gasteiger partial charge in [0.15, 0.2) is 0 Å². The molecule has 1 fully saturated rings. The Kier molecular flexibility index (Phi) is 5.20. The SMILES string of the molecule is CC(c1ccc(F)cc1Cl)N(C)CC1CCCNC1. The summed E-state index contributed by atoms with van der Waals surface area (Å²) in [5.41, 5.74) is 0.995. The molecule has 0 aromatic heterocycles. The van der Waals surface area contributed by atoms with Gasteiger partial charge in [-0.1, -0.05) is 17.7 Å². The molecule has 0 bridgehead atoms. The highest BCUT2D eigenvalue weighted by molar-refractivity contribution is 6.31. The first-order chi connectivity index (χ1) is 9.08. The number of hydrogen-bond donors (Lipinski definition) is 1. The van der Waals surface area contributed by atoms with E-state index in [0.717, 1.165) is 25.2 Å². The van der Waals surface area contributed by atoms with E-state index in [9.17, 15) is 4.39 Å². The summed E-state index contributed by atoms with van der Waals surface area (Å²) in [4.78, 5) is 2.30. The van der Waals surface area contributed by atoms with Crippen molar-refractivity contribution in [1.82, 2.24) is 10.2 Å². The molecule has 1 aliphatic rings. The Balaban J connectivity index is 1.99. The van der Waals surface area contributed by atoms with E-state index in [2.05, 4.69) is 24.2 Å². The van der Waals surface area contributed by atoms with Crippen LogP contribution < -0.4 is 5.32 Å². The second-order valence-electron chi connectivity index (χ2n) is 5.49. The van der Waals surface area contributed by atoms with Gasteiger partial charge in [0.2, 0.25) is 0 Å². The van der Waals surface area contributed by atoms with Crippen LogP contribution in [0.3, 0.4) is 0 Å². The molecule has 106 valence electrons. The van der Waals surface area contributed by atoms with Crippen molar-refractivity contribution in [3.05, 3.63) is 34.6 Å². The van der Waals surface area contributed by atoms with Gasteiger partial charge in [0.25, 0.3) is 0 Å². The highest BCUT2D eigenvalue weighted by Gasteiger charge is 2.20. The van der Waals surface area contributed by atoms with E-state index in [4.69, 9.17) is 11.6 Å². The zero-order chi connectivity index (χ0) is 13.8. The van der Waals surface area contributed by atoms with Gasteiger partial charge in [-0.3, -0.25) is 4.90 Å². The predicted molar refractivity (Wildman–Crippen MR) is 78.0 cm³/mol. The molecule has 1 aromatic rings. The van der Waals surface area contributed by atoms with E-state index in [0.29, 0.717) is 10.9 Å². The van der Waals surface area contributed by atoms with E-state index in [1.54, 1.807) is 6.07 Å². The van der Waals surface area contributed by atoms with Crippen molar-refractivity contribution in [3.63, 3.8) is 0 Å². The minimum atomic E-state index is -0.278. The van der Waals surface area contributed by atoms with Gasteiger partial charge in [-0.25, -0.2) is 4.39 Å². The molecule has 0 radical (unpaired) electrons. The first kappa shape index (κ1) is 14.8. The maximum absolute atomic E-state index is 13.1. The third kappa shape index (κ3) is 3.91. The monoisotopic (exact) mass is 284 g/mol. The lowest BCUT2D eigenvalue weighted by Gasteiger charge is -2.31. The highest BCUT2D eigenvalue weighted by atomic mass is 35.5. The summed E-state index contributed by atoms with van der Waals surface area (Å²) < 4.78 is 13.1. The van der Waals surface area contributed by atoms with E-state index in [-0.39, 0.29) is 11.9 Å². The van der Waals surface area contributed by atoms with E-state index in [1.807, 2.05) is 0 Å². The number of piperidine rings is 1. The summed E-state index contributed by atoms with van der Waals surface area (Å²) in [6, 6.07) is 4.87. The molecule has 19 heavy (non-hydrogen) atoms. The average molecular weight is 285 g/mol. The second kappa shape index (κ2) is 6.69. The van der Waals surface area contributed by atoms with Crippen molar-refractivity contribution in [3.8, 4) is 0 Å². The molecule has 2 nitrogen and oxygen atoms in total. The fourth-order valence-corrected chi connectivity index (χ4v) is 3.05. The molecule has 4 heteroatoms. The Morgan fingerprint density at radius 1 is 1.53 bits per heavy atom. The molecule has 0 amide bonds. The zero-order valence-electron chi connectivity index (χ0n) is 11.6. The molecule has 1 N–H and O–H groups in total. The molecule has 1 aromatic carbocycles. The van der Waals surface area contributed by atoms with Crippen molar-refractivity contribution < 1.29 is 4.39 Å². The van der Waals surface area contributed by atoms with Crippen molar-refractivity contribution in [2.24, 2.45) is 5.92 Å². The minimum Gasteiger partial charge on any atom is -0.316 e. The van der Waals surface area contributed by atoms with Gasteiger partial charge in [0.05, 0.1) is 0 Å². The van der Waals surface area contributed by atoms with Gasteiger partial charge in [-0.05, 0) is 63.5 Å². The topological polar surface area (TPSA) is 15.3 Å².